The minimum Gasteiger partial charge on any atom is -0.481 e. The van der Waals surface area contributed by atoms with Gasteiger partial charge >= 0.3 is 5.97 Å². The lowest BCUT2D eigenvalue weighted by atomic mass is 10.4. The molecule has 0 aliphatic carbocycles. The molecule has 0 fully saturated rings. The van der Waals surface area contributed by atoms with E-state index in [1.165, 1.54) is 32.3 Å². The third kappa shape index (κ3) is 4.00. The molecule has 0 radical (unpaired) electrons. The largest absolute Gasteiger partial charge is 0.481 e. The average Bonchev–Trinajstić information content (AvgIpc) is 2.44. The molecule has 0 saturated carbocycles. The quantitative estimate of drug-likeness (QED) is 0.704. The summed E-state index contributed by atoms with van der Waals surface area (Å²) in [6.07, 6.45) is -0.378. The maximum absolute atomic E-state index is 12.4. The van der Waals surface area contributed by atoms with Crippen LogP contribution in [0.3, 0.4) is 0 Å². The summed E-state index contributed by atoms with van der Waals surface area (Å²) in [6, 6.07) is 5.13. The van der Waals surface area contributed by atoms with Crippen LogP contribution in [0.2, 0.25) is 0 Å². The lowest BCUT2D eigenvalue weighted by molar-refractivity contribution is -0.137. The van der Waals surface area contributed by atoms with Crippen molar-refractivity contribution in [1.29, 1.82) is 0 Å². The van der Waals surface area contributed by atoms with Gasteiger partial charge < -0.3 is 5.11 Å². The Morgan fingerprint density at radius 1 is 1.19 bits per heavy atom. The molecule has 0 amide bonds. The maximum atomic E-state index is 12.4. The maximum Gasteiger partial charge on any atom is 0.304 e. The van der Waals surface area contributed by atoms with Crippen molar-refractivity contribution in [2.45, 2.75) is 16.2 Å². The van der Waals surface area contributed by atoms with Crippen LogP contribution in [-0.2, 0) is 24.8 Å². The fourth-order valence-electron chi connectivity index (χ4n) is 1.54. The zero-order valence-corrected chi connectivity index (χ0v) is 13.1. The minimum absolute atomic E-state index is 0.258. The van der Waals surface area contributed by atoms with Gasteiger partial charge in [-0.3, -0.25) is 4.79 Å². The Labute approximate surface area is 123 Å². The number of carboxylic acid groups (broad SMARTS) is 1. The van der Waals surface area contributed by atoms with E-state index >= 15 is 0 Å². The fourth-order valence-corrected chi connectivity index (χ4v) is 4.23. The van der Waals surface area contributed by atoms with Crippen LogP contribution in [0.5, 0.6) is 0 Å². The molecule has 0 aliphatic rings. The second kappa shape index (κ2) is 6.52. The Hall–Kier alpha value is -1.49. The zero-order chi connectivity index (χ0) is 16.3. The van der Waals surface area contributed by atoms with E-state index in [1.807, 2.05) is 0 Å². The lowest BCUT2D eigenvalue weighted by Crippen LogP contribution is -2.31. The van der Waals surface area contributed by atoms with Gasteiger partial charge in [-0.05, 0) is 19.2 Å². The van der Waals surface area contributed by atoms with Crippen LogP contribution < -0.4 is 4.72 Å². The molecular weight excluding hydrogens is 320 g/mol. The summed E-state index contributed by atoms with van der Waals surface area (Å²) in [7, 11) is -5.69. The van der Waals surface area contributed by atoms with Gasteiger partial charge in [-0.1, -0.05) is 12.1 Å². The van der Waals surface area contributed by atoms with Crippen LogP contribution in [0.15, 0.2) is 34.1 Å². The van der Waals surface area contributed by atoms with Crippen molar-refractivity contribution in [2.75, 3.05) is 20.6 Å². The Bertz CT molecular complexity index is 727. The molecule has 0 atom stereocenters. The molecular formula is C11H16N2O6S2. The summed E-state index contributed by atoms with van der Waals surface area (Å²) in [4.78, 5) is 9.74. The van der Waals surface area contributed by atoms with E-state index in [1.54, 1.807) is 0 Å². The monoisotopic (exact) mass is 336 g/mol. The van der Waals surface area contributed by atoms with Gasteiger partial charge in [-0.15, -0.1) is 0 Å². The third-order valence-corrected chi connectivity index (χ3v) is 6.25. The van der Waals surface area contributed by atoms with Crippen LogP contribution in [-0.4, -0.2) is 52.9 Å². The Morgan fingerprint density at radius 3 is 2.19 bits per heavy atom. The zero-order valence-electron chi connectivity index (χ0n) is 11.5. The van der Waals surface area contributed by atoms with Gasteiger partial charge in [-0.2, -0.15) is 0 Å². The standard InChI is InChI=1S/C11H16N2O6S2/c1-12-20(16,17)9-5-3-4-6-10(9)21(18,19)13(2)8-7-11(14)15/h3-6,12H,7-8H2,1-2H3,(H,14,15). The molecule has 1 aromatic rings. The molecule has 8 nitrogen and oxygen atoms in total. The minimum atomic E-state index is -4.11. The number of hydrogen-bond donors (Lipinski definition) is 2. The molecule has 0 heterocycles. The molecule has 10 heteroatoms. The smallest absolute Gasteiger partial charge is 0.304 e. The molecule has 0 unspecified atom stereocenters. The number of carbonyl (C=O) groups is 1. The Balaban J connectivity index is 3.30. The van der Waals surface area contributed by atoms with Crippen molar-refractivity contribution >= 4 is 26.0 Å². The molecule has 0 bridgehead atoms. The number of hydrogen-bond acceptors (Lipinski definition) is 5. The summed E-state index contributed by atoms with van der Waals surface area (Å²) in [5.74, 6) is -1.15. The van der Waals surface area contributed by atoms with Gasteiger partial charge in [0.25, 0.3) is 0 Å². The predicted molar refractivity (Wildman–Crippen MR) is 74.8 cm³/mol. The molecule has 0 saturated heterocycles. The van der Waals surface area contributed by atoms with E-state index in [0.29, 0.717) is 0 Å². The normalized spacial score (nSPS) is 12.5. The van der Waals surface area contributed by atoms with E-state index < -0.39 is 30.9 Å². The topological polar surface area (TPSA) is 121 Å². The van der Waals surface area contributed by atoms with E-state index in [4.69, 9.17) is 5.11 Å². The lowest BCUT2D eigenvalue weighted by Gasteiger charge is -2.18. The van der Waals surface area contributed by atoms with Gasteiger partial charge in [0, 0.05) is 13.6 Å². The number of nitrogens with one attached hydrogen (secondary N) is 1. The number of sulfonamides is 2. The van der Waals surface area contributed by atoms with E-state index in [2.05, 4.69) is 4.72 Å². The van der Waals surface area contributed by atoms with Crippen molar-refractivity contribution in [1.82, 2.24) is 9.03 Å². The van der Waals surface area contributed by atoms with Crippen LogP contribution in [0.4, 0.5) is 0 Å². The number of rotatable bonds is 7. The number of nitrogens with zero attached hydrogens (tertiary/aromatic N) is 1. The van der Waals surface area contributed by atoms with Gasteiger partial charge in [0.1, 0.15) is 9.79 Å². The number of aliphatic carboxylic acids is 1. The van der Waals surface area contributed by atoms with Crippen molar-refractivity contribution in [3.8, 4) is 0 Å². The fraction of sp³-hybridized carbons (Fsp3) is 0.364. The number of benzene rings is 1. The highest BCUT2D eigenvalue weighted by atomic mass is 32.2. The van der Waals surface area contributed by atoms with Crippen molar-refractivity contribution in [3.05, 3.63) is 24.3 Å². The highest BCUT2D eigenvalue weighted by molar-refractivity contribution is 7.92. The van der Waals surface area contributed by atoms with E-state index in [9.17, 15) is 21.6 Å². The summed E-state index contributed by atoms with van der Waals surface area (Å²) < 4.78 is 51.3. The first-order valence-corrected chi connectivity index (χ1v) is 8.76. The van der Waals surface area contributed by atoms with Gasteiger partial charge in [0.15, 0.2) is 0 Å². The van der Waals surface area contributed by atoms with Crippen LogP contribution in [0.1, 0.15) is 6.42 Å². The second-order valence-corrected chi connectivity index (χ2v) is 7.99. The van der Waals surface area contributed by atoms with E-state index in [-0.39, 0.29) is 17.9 Å². The van der Waals surface area contributed by atoms with Gasteiger partial charge in [0.2, 0.25) is 20.0 Å². The Morgan fingerprint density at radius 2 is 1.71 bits per heavy atom. The van der Waals surface area contributed by atoms with Gasteiger partial charge in [-0.25, -0.2) is 25.9 Å². The molecule has 0 aliphatic heterocycles. The van der Waals surface area contributed by atoms with E-state index in [0.717, 1.165) is 10.4 Å². The van der Waals surface area contributed by atoms with Crippen LogP contribution >= 0.6 is 0 Å². The first-order chi connectivity index (χ1) is 9.63. The Kier molecular flexibility index (Phi) is 5.45. The highest BCUT2D eigenvalue weighted by Gasteiger charge is 2.28. The highest BCUT2D eigenvalue weighted by Crippen LogP contribution is 2.23. The first-order valence-electron chi connectivity index (χ1n) is 5.83. The first kappa shape index (κ1) is 17.6. The molecule has 1 rings (SSSR count). The summed E-state index contributed by atoms with van der Waals surface area (Å²) in [5.41, 5.74) is 0. The predicted octanol–water partition coefficient (Wildman–Crippen LogP) is -0.310. The van der Waals surface area contributed by atoms with Crippen LogP contribution in [0.25, 0.3) is 0 Å². The van der Waals surface area contributed by atoms with Crippen molar-refractivity contribution < 1.29 is 26.7 Å². The second-order valence-electron chi connectivity index (χ2n) is 4.12. The average molecular weight is 336 g/mol. The SMILES string of the molecule is CNS(=O)(=O)c1ccccc1S(=O)(=O)N(C)CCC(=O)O. The summed E-state index contributed by atoms with van der Waals surface area (Å²) >= 11 is 0. The summed E-state index contributed by atoms with van der Waals surface area (Å²) in [6.45, 7) is -0.258. The molecule has 0 aromatic heterocycles. The molecule has 1 aromatic carbocycles. The third-order valence-electron chi connectivity index (χ3n) is 2.74. The van der Waals surface area contributed by atoms with Crippen molar-refractivity contribution in [2.24, 2.45) is 0 Å². The molecule has 0 spiro atoms. The molecule has 2 N–H and O–H groups in total. The summed E-state index contributed by atoms with van der Waals surface area (Å²) in [5, 5.41) is 8.59. The molecule has 118 valence electrons. The molecule has 21 heavy (non-hydrogen) atoms. The number of carboxylic acids is 1. The van der Waals surface area contributed by atoms with Crippen molar-refractivity contribution in [3.63, 3.8) is 0 Å². The van der Waals surface area contributed by atoms with Gasteiger partial charge in [0.05, 0.1) is 6.42 Å². The van der Waals surface area contributed by atoms with Crippen LogP contribution in [0, 0.1) is 0 Å².